The summed E-state index contributed by atoms with van der Waals surface area (Å²) in [5.41, 5.74) is 3.07. The summed E-state index contributed by atoms with van der Waals surface area (Å²) < 4.78 is 1.53. The van der Waals surface area contributed by atoms with E-state index in [1.54, 1.807) is 12.1 Å². The van der Waals surface area contributed by atoms with Crippen molar-refractivity contribution < 1.29 is 4.79 Å². The van der Waals surface area contributed by atoms with Crippen LogP contribution in [0.4, 0.5) is 0 Å². The van der Waals surface area contributed by atoms with E-state index in [0.717, 1.165) is 22.6 Å². The molecule has 4 rings (SSSR count). The van der Waals surface area contributed by atoms with Gasteiger partial charge in [-0.15, -0.1) is 0 Å². The molecule has 1 aromatic carbocycles. The van der Waals surface area contributed by atoms with Crippen LogP contribution in [0.1, 0.15) is 42.6 Å². The van der Waals surface area contributed by atoms with Crippen molar-refractivity contribution in [2.45, 2.75) is 39.7 Å². The number of imidazole rings is 1. The van der Waals surface area contributed by atoms with Crippen LogP contribution in [0, 0.1) is 12.8 Å². The number of rotatable bonds is 3. The molecule has 0 saturated carbocycles. The van der Waals surface area contributed by atoms with E-state index < -0.39 is 0 Å². The Hall–Kier alpha value is -2.96. The fourth-order valence-corrected chi connectivity index (χ4v) is 3.53. The molecule has 0 spiro atoms. The quantitative estimate of drug-likeness (QED) is 0.758. The maximum atomic E-state index is 12.7. The van der Waals surface area contributed by atoms with E-state index in [1.165, 1.54) is 4.68 Å². The summed E-state index contributed by atoms with van der Waals surface area (Å²) in [7, 11) is 0. The van der Waals surface area contributed by atoms with Crippen molar-refractivity contribution in [1.29, 1.82) is 0 Å². The van der Waals surface area contributed by atoms with Gasteiger partial charge in [-0.3, -0.25) is 9.59 Å². The van der Waals surface area contributed by atoms with Gasteiger partial charge in [-0.05, 0) is 31.2 Å². The number of nitrogens with one attached hydrogen (secondary N) is 1. The van der Waals surface area contributed by atoms with Gasteiger partial charge in [0.25, 0.3) is 11.5 Å². The van der Waals surface area contributed by atoms with Gasteiger partial charge in [0.05, 0.1) is 23.3 Å². The smallest absolute Gasteiger partial charge is 0.266 e. The van der Waals surface area contributed by atoms with Gasteiger partial charge < -0.3 is 9.88 Å². The molecule has 0 bridgehead atoms. The van der Waals surface area contributed by atoms with E-state index in [9.17, 15) is 9.59 Å². The summed E-state index contributed by atoms with van der Waals surface area (Å²) in [5.74, 6) is 1.08. The van der Waals surface area contributed by atoms with Crippen LogP contribution in [0.2, 0.25) is 0 Å². The second-order valence-corrected chi connectivity index (χ2v) is 8.62. The number of likely N-dealkylation sites (tertiary alicyclic amines) is 1. The van der Waals surface area contributed by atoms with Gasteiger partial charge in [0.2, 0.25) is 0 Å². The predicted octanol–water partition coefficient (Wildman–Crippen LogP) is 2.50. The maximum absolute atomic E-state index is 12.7. The van der Waals surface area contributed by atoms with Crippen molar-refractivity contribution in [3.05, 3.63) is 57.8 Å². The number of carbonyl (C=O) groups excluding carboxylic acids is 1. The fourth-order valence-electron chi connectivity index (χ4n) is 3.53. The monoisotopic (exact) mass is 379 g/mol. The number of amides is 1. The molecule has 146 valence electrons. The summed E-state index contributed by atoms with van der Waals surface area (Å²) >= 11 is 0. The number of aryl methyl sites for hydroxylation is 1. The number of carbonyl (C=O) groups is 1. The van der Waals surface area contributed by atoms with E-state index in [4.69, 9.17) is 0 Å². The third kappa shape index (κ3) is 3.44. The van der Waals surface area contributed by atoms with Crippen molar-refractivity contribution in [2.24, 2.45) is 5.92 Å². The first kappa shape index (κ1) is 18.4. The Kier molecular flexibility index (Phi) is 4.33. The molecule has 2 aromatic heterocycles. The summed E-state index contributed by atoms with van der Waals surface area (Å²) in [5, 5.41) is 4.52. The van der Waals surface area contributed by atoms with Gasteiger partial charge in [-0.25, -0.2) is 9.67 Å². The Morgan fingerprint density at radius 1 is 1.21 bits per heavy atom. The first-order valence-corrected chi connectivity index (χ1v) is 9.55. The largest absolute Gasteiger partial charge is 0.342 e. The van der Waals surface area contributed by atoms with Crippen LogP contribution in [0.5, 0.6) is 0 Å². The maximum Gasteiger partial charge on any atom is 0.266 e. The summed E-state index contributed by atoms with van der Waals surface area (Å²) in [6, 6.07) is 8.91. The Bertz CT molecular complexity index is 1100. The van der Waals surface area contributed by atoms with Crippen LogP contribution in [0.15, 0.2) is 35.1 Å². The molecule has 0 aliphatic carbocycles. The molecular formula is C21H25N5O2. The summed E-state index contributed by atoms with van der Waals surface area (Å²) in [6.45, 7) is 9.92. The molecule has 0 unspecified atom stereocenters. The molecule has 0 atom stereocenters. The van der Waals surface area contributed by atoms with Crippen molar-refractivity contribution in [2.75, 3.05) is 13.1 Å². The minimum absolute atomic E-state index is 0.00847. The van der Waals surface area contributed by atoms with E-state index in [-0.39, 0.29) is 22.8 Å². The number of aromatic amines is 1. The summed E-state index contributed by atoms with van der Waals surface area (Å²) in [6.07, 6.45) is 0. The minimum Gasteiger partial charge on any atom is -0.342 e. The third-order valence-corrected chi connectivity index (χ3v) is 5.16. The lowest BCUT2D eigenvalue weighted by Gasteiger charge is -2.39. The first-order valence-electron chi connectivity index (χ1n) is 9.55. The van der Waals surface area contributed by atoms with Gasteiger partial charge in [-0.1, -0.05) is 20.8 Å². The molecule has 1 fully saturated rings. The highest BCUT2D eigenvalue weighted by molar-refractivity contribution is 5.97. The average Bonchev–Trinajstić information content (AvgIpc) is 2.96. The standard InChI is InChI=1S/C21H25N5O2/c1-13-22-16-6-5-15(9-17(16)23-13)20(28)25-10-14(11-25)12-26-19(27)8-7-18(24-26)21(2,3)4/h5-9,14H,10-12H2,1-4H3,(H,22,23). The van der Waals surface area contributed by atoms with Crippen LogP contribution in [-0.2, 0) is 12.0 Å². The van der Waals surface area contributed by atoms with Crippen molar-refractivity contribution >= 4 is 16.9 Å². The fraction of sp³-hybridized carbons (Fsp3) is 0.429. The number of hydrogen-bond donors (Lipinski definition) is 1. The van der Waals surface area contributed by atoms with Gasteiger partial charge in [0.15, 0.2) is 0 Å². The molecule has 3 aromatic rings. The predicted molar refractivity (Wildman–Crippen MR) is 107 cm³/mol. The molecule has 1 saturated heterocycles. The molecule has 3 heterocycles. The molecule has 7 heteroatoms. The van der Waals surface area contributed by atoms with Gasteiger partial charge >= 0.3 is 0 Å². The normalized spacial score (nSPS) is 15.1. The molecule has 0 radical (unpaired) electrons. The van der Waals surface area contributed by atoms with Crippen molar-refractivity contribution in [3.8, 4) is 0 Å². The third-order valence-electron chi connectivity index (χ3n) is 5.16. The van der Waals surface area contributed by atoms with E-state index in [0.29, 0.717) is 25.2 Å². The lowest BCUT2D eigenvalue weighted by atomic mass is 9.92. The Morgan fingerprint density at radius 3 is 2.68 bits per heavy atom. The topological polar surface area (TPSA) is 83.9 Å². The number of aromatic nitrogens is 4. The molecular weight excluding hydrogens is 354 g/mol. The average molecular weight is 379 g/mol. The van der Waals surface area contributed by atoms with Gasteiger partial charge in [0.1, 0.15) is 5.82 Å². The zero-order chi connectivity index (χ0) is 20.1. The molecule has 1 aliphatic rings. The second-order valence-electron chi connectivity index (χ2n) is 8.62. The molecule has 7 nitrogen and oxygen atoms in total. The highest BCUT2D eigenvalue weighted by Gasteiger charge is 2.32. The second kappa shape index (κ2) is 6.58. The van der Waals surface area contributed by atoms with E-state index in [2.05, 4.69) is 35.8 Å². The Labute approximate surface area is 163 Å². The highest BCUT2D eigenvalue weighted by atomic mass is 16.2. The SMILES string of the molecule is Cc1nc2ccc(C(=O)N3CC(Cn4nc(C(C)(C)C)ccc4=O)C3)cc2[nH]1. The van der Waals surface area contributed by atoms with Crippen LogP contribution in [0.25, 0.3) is 11.0 Å². The van der Waals surface area contributed by atoms with Crippen LogP contribution in [-0.4, -0.2) is 43.6 Å². The zero-order valence-corrected chi connectivity index (χ0v) is 16.7. The molecule has 1 amide bonds. The number of H-pyrrole nitrogens is 1. The van der Waals surface area contributed by atoms with Crippen LogP contribution in [0.3, 0.4) is 0 Å². The van der Waals surface area contributed by atoms with Gasteiger partial charge in [0, 0.05) is 36.1 Å². The lowest BCUT2D eigenvalue weighted by molar-refractivity contribution is 0.0458. The number of nitrogens with zero attached hydrogens (tertiary/aromatic N) is 4. The molecule has 1 aliphatic heterocycles. The van der Waals surface area contributed by atoms with Crippen LogP contribution < -0.4 is 5.56 Å². The van der Waals surface area contributed by atoms with Crippen molar-refractivity contribution in [3.63, 3.8) is 0 Å². The van der Waals surface area contributed by atoms with E-state index in [1.807, 2.05) is 30.0 Å². The highest BCUT2D eigenvalue weighted by Crippen LogP contribution is 2.23. The van der Waals surface area contributed by atoms with Gasteiger partial charge in [-0.2, -0.15) is 5.10 Å². The Balaban J connectivity index is 1.43. The number of fused-ring (bicyclic) bond motifs is 1. The number of hydrogen-bond acceptors (Lipinski definition) is 4. The number of benzene rings is 1. The Morgan fingerprint density at radius 2 is 1.96 bits per heavy atom. The molecule has 1 N–H and O–H groups in total. The molecule has 28 heavy (non-hydrogen) atoms. The zero-order valence-electron chi connectivity index (χ0n) is 16.7. The van der Waals surface area contributed by atoms with E-state index >= 15 is 0 Å². The van der Waals surface area contributed by atoms with Crippen molar-refractivity contribution in [1.82, 2.24) is 24.6 Å². The summed E-state index contributed by atoms with van der Waals surface area (Å²) in [4.78, 5) is 34.2. The minimum atomic E-state index is -0.110. The van der Waals surface area contributed by atoms with Crippen LogP contribution >= 0.6 is 0 Å². The first-order chi connectivity index (χ1) is 13.2. The lowest BCUT2D eigenvalue weighted by Crippen LogP contribution is -2.52.